The van der Waals surface area contributed by atoms with Crippen LogP contribution in [0.1, 0.15) is 5.76 Å². The van der Waals surface area contributed by atoms with Crippen molar-refractivity contribution in [3.05, 3.63) is 73.5 Å². The van der Waals surface area contributed by atoms with Gasteiger partial charge in [0.25, 0.3) is 0 Å². The lowest BCUT2D eigenvalue weighted by molar-refractivity contribution is 0.436. The van der Waals surface area contributed by atoms with Crippen LogP contribution in [0.2, 0.25) is 0 Å². The van der Waals surface area contributed by atoms with Crippen molar-refractivity contribution >= 4 is 42.7 Å². The maximum absolute atomic E-state index is 12.5. The van der Waals surface area contributed by atoms with Gasteiger partial charge in [-0.05, 0) is 65.3 Å². The molecule has 0 saturated carbocycles. The van der Waals surface area contributed by atoms with Crippen molar-refractivity contribution in [3.63, 3.8) is 0 Å². The van der Waals surface area contributed by atoms with E-state index in [4.69, 9.17) is 9.15 Å². The molecule has 0 aliphatic carbocycles. The third-order valence-electron chi connectivity index (χ3n) is 3.58. The van der Waals surface area contributed by atoms with Gasteiger partial charge in [0, 0.05) is 38.1 Å². The van der Waals surface area contributed by atoms with Gasteiger partial charge in [-0.15, -0.1) is 0 Å². The first-order valence-electron chi connectivity index (χ1n) is 7.56. The molecule has 0 radical (unpaired) electrons. The lowest BCUT2D eigenvalue weighted by atomic mass is 10.1. The van der Waals surface area contributed by atoms with Crippen molar-refractivity contribution in [1.82, 2.24) is 0 Å². The molecule has 134 valence electrons. The Hall–Kier alpha value is -1.70. The second kappa shape index (κ2) is 7.90. The van der Waals surface area contributed by atoms with Crippen molar-refractivity contribution in [2.24, 2.45) is 0 Å². The summed E-state index contributed by atoms with van der Waals surface area (Å²) in [5.74, 6) is 1.41. The zero-order valence-corrected chi connectivity index (χ0v) is 17.9. The number of halogens is 2. The van der Waals surface area contributed by atoms with Crippen LogP contribution in [0.15, 0.2) is 71.6 Å². The number of ether oxygens (including phenoxy) is 1. The summed E-state index contributed by atoms with van der Waals surface area (Å²) in [6.45, 7) is 1.71. The van der Waals surface area contributed by atoms with E-state index in [-0.39, 0.29) is 11.2 Å². The molecule has 3 aromatic rings. The summed E-state index contributed by atoms with van der Waals surface area (Å²) in [7, 11) is -1.08. The average molecular weight is 498 g/mol. The number of hydrogen-bond acceptors (Lipinski definition) is 4. The van der Waals surface area contributed by atoms with Gasteiger partial charge in [-0.25, -0.2) is 0 Å². The molecule has 2 aromatic carbocycles. The maximum Gasteiger partial charge on any atom is 0.228 e. The number of benzene rings is 2. The number of rotatable bonds is 4. The SMILES string of the molecule is Cc1cc(=O)c(Oc2ccc(Br)cc2Br)c(-c2ccc(S(C)=O)cc2)o1. The molecule has 1 aromatic heterocycles. The van der Waals surface area contributed by atoms with Gasteiger partial charge < -0.3 is 9.15 Å². The van der Waals surface area contributed by atoms with Crippen LogP contribution in [0.25, 0.3) is 11.3 Å². The second-order valence-electron chi connectivity index (χ2n) is 5.53. The van der Waals surface area contributed by atoms with Crippen LogP contribution in [0.5, 0.6) is 11.5 Å². The van der Waals surface area contributed by atoms with E-state index >= 15 is 0 Å². The normalized spacial score (nSPS) is 12.0. The zero-order valence-electron chi connectivity index (χ0n) is 13.9. The summed E-state index contributed by atoms with van der Waals surface area (Å²) in [5, 5.41) is 0. The fourth-order valence-corrected chi connectivity index (χ4v) is 4.00. The molecule has 3 rings (SSSR count). The average Bonchev–Trinajstić information content (AvgIpc) is 2.59. The highest BCUT2D eigenvalue weighted by atomic mass is 79.9. The topological polar surface area (TPSA) is 56.5 Å². The fraction of sp³-hybridized carbons (Fsp3) is 0.105. The Balaban J connectivity index is 2.10. The minimum atomic E-state index is -1.08. The molecule has 0 saturated heterocycles. The predicted octanol–water partition coefficient (Wildman–Crippen LogP) is 5.67. The molecule has 4 nitrogen and oxygen atoms in total. The van der Waals surface area contributed by atoms with Crippen molar-refractivity contribution < 1.29 is 13.4 Å². The van der Waals surface area contributed by atoms with E-state index in [1.165, 1.54) is 6.07 Å². The lowest BCUT2D eigenvalue weighted by Crippen LogP contribution is -2.06. The van der Waals surface area contributed by atoms with Gasteiger partial charge in [0.15, 0.2) is 5.76 Å². The molecular formula is C19H14Br2O4S. The van der Waals surface area contributed by atoms with Crippen LogP contribution in [0, 0.1) is 6.92 Å². The summed E-state index contributed by atoms with van der Waals surface area (Å²) in [6.07, 6.45) is 1.61. The Morgan fingerprint density at radius 2 is 1.73 bits per heavy atom. The Kier molecular flexibility index (Phi) is 5.79. The molecular weight excluding hydrogens is 484 g/mol. The van der Waals surface area contributed by atoms with Crippen LogP contribution in [-0.2, 0) is 10.8 Å². The van der Waals surface area contributed by atoms with Crippen LogP contribution in [0.4, 0.5) is 0 Å². The molecule has 1 unspecified atom stereocenters. The quantitative estimate of drug-likeness (QED) is 0.466. The van der Waals surface area contributed by atoms with E-state index in [1.54, 1.807) is 43.5 Å². The molecule has 0 spiro atoms. The highest BCUT2D eigenvalue weighted by Gasteiger charge is 2.17. The minimum Gasteiger partial charge on any atom is -0.457 e. The first-order valence-corrected chi connectivity index (χ1v) is 10.7. The summed E-state index contributed by atoms with van der Waals surface area (Å²) in [4.78, 5) is 13.2. The highest BCUT2D eigenvalue weighted by Crippen LogP contribution is 2.36. The Morgan fingerprint density at radius 3 is 2.35 bits per heavy atom. The van der Waals surface area contributed by atoms with Crippen LogP contribution < -0.4 is 10.2 Å². The summed E-state index contributed by atoms with van der Waals surface area (Å²) >= 11 is 6.81. The molecule has 0 bridgehead atoms. The minimum absolute atomic E-state index is 0.101. The number of hydrogen-bond donors (Lipinski definition) is 0. The van der Waals surface area contributed by atoms with Crippen LogP contribution in [-0.4, -0.2) is 10.5 Å². The van der Waals surface area contributed by atoms with Gasteiger partial charge in [0.05, 0.1) is 4.47 Å². The first-order chi connectivity index (χ1) is 12.3. The zero-order chi connectivity index (χ0) is 18.8. The van der Waals surface area contributed by atoms with Crippen molar-refractivity contribution in [2.45, 2.75) is 11.8 Å². The van der Waals surface area contributed by atoms with Gasteiger partial charge in [-0.2, -0.15) is 0 Å². The molecule has 0 aliphatic rings. The predicted molar refractivity (Wildman–Crippen MR) is 109 cm³/mol. The Morgan fingerprint density at radius 1 is 1.04 bits per heavy atom. The molecule has 0 N–H and O–H groups in total. The van der Waals surface area contributed by atoms with E-state index in [2.05, 4.69) is 31.9 Å². The monoisotopic (exact) mass is 496 g/mol. The summed E-state index contributed by atoms with van der Waals surface area (Å²) in [5.41, 5.74) is 0.393. The van der Waals surface area contributed by atoms with E-state index in [0.29, 0.717) is 32.2 Å². The molecule has 0 fully saturated rings. The number of aryl methyl sites for hydroxylation is 1. The van der Waals surface area contributed by atoms with Gasteiger partial charge in [-0.1, -0.05) is 15.9 Å². The van der Waals surface area contributed by atoms with Gasteiger partial charge in [0.1, 0.15) is 11.5 Å². The second-order valence-corrected chi connectivity index (χ2v) is 8.68. The lowest BCUT2D eigenvalue weighted by Gasteiger charge is -2.12. The smallest absolute Gasteiger partial charge is 0.228 e. The summed E-state index contributed by atoms with van der Waals surface area (Å²) < 4.78 is 24.8. The van der Waals surface area contributed by atoms with Crippen molar-refractivity contribution in [3.8, 4) is 22.8 Å². The molecule has 0 aliphatic heterocycles. The molecule has 26 heavy (non-hydrogen) atoms. The van der Waals surface area contributed by atoms with E-state index in [1.807, 2.05) is 12.1 Å². The van der Waals surface area contributed by atoms with Gasteiger partial charge in [-0.3, -0.25) is 9.00 Å². The van der Waals surface area contributed by atoms with E-state index in [9.17, 15) is 9.00 Å². The first kappa shape index (κ1) is 19.1. The van der Waals surface area contributed by atoms with E-state index < -0.39 is 10.8 Å². The molecule has 7 heteroatoms. The maximum atomic E-state index is 12.5. The molecule has 0 amide bonds. The van der Waals surface area contributed by atoms with E-state index in [0.717, 1.165) is 4.47 Å². The standard InChI is InChI=1S/C19H14Br2O4S/c1-11-9-16(22)19(25-17-8-5-13(20)10-15(17)21)18(24-11)12-3-6-14(7-4-12)26(2)23/h3-10H,1-2H3. The molecule has 1 atom stereocenters. The third kappa shape index (κ3) is 4.16. The van der Waals surface area contributed by atoms with Crippen LogP contribution in [0.3, 0.4) is 0 Å². The Labute approximate surface area is 169 Å². The van der Waals surface area contributed by atoms with Gasteiger partial charge >= 0.3 is 0 Å². The third-order valence-corrected chi connectivity index (χ3v) is 5.63. The Bertz CT molecular complexity index is 1040. The van der Waals surface area contributed by atoms with Crippen molar-refractivity contribution in [1.29, 1.82) is 0 Å². The van der Waals surface area contributed by atoms with Gasteiger partial charge in [0.2, 0.25) is 11.2 Å². The van der Waals surface area contributed by atoms with Crippen LogP contribution >= 0.6 is 31.9 Å². The van der Waals surface area contributed by atoms with Crippen molar-refractivity contribution in [2.75, 3.05) is 6.26 Å². The fourth-order valence-electron chi connectivity index (χ4n) is 2.35. The summed E-state index contributed by atoms with van der Waals surface area (Å²) in [6, 6.07) is 13.8. The largest absolute Gasteiger partial charge is 0.457 e. The molecule has 1 heterocycles. The highest BCUT2D eigenvalue weighted by molar-refractivity contribution is 9.11.